The summed E-state index contributed by atoms with van der Waals surface area (Å²) in [6, 6.07) is 19.4. The molecule has 0 atom stereocenters. The van der Waals surface area contributed by atoms with E-state index in [9.17, 15) is 9.59 Å². The molecule has 5 nitrogen and oxygen atoms in total. The molecule has 0 saturated heterocycles. The Balaban J connectivity index is 1.79. The number of hydrogen-bond acceptors (Lipinski definition) is 5. The van der Waals surface area contributed by atoms with Crippen molar-refractivity contribution in [2.75, 3.05) is 13.7 Å². The van der Waals surface area contributed by atoms with Crippen LogP contribution in [-0.2, 0) is 16.1 Å². The lowest BCUT2D eigenvalue weighted by Crippen LogP contribution is -2.33. The van der Waals surface area contributed by atoms with Crippen molar-refractivity contribution in [2.45, 2.75) is 13.0 Å². The number of rotatable bonds is 7. The molecule has 1 heterocycles. The van der Waals surface area contributed by atoms with Crippen molar-refractivity contribution in [1.82, 2.24) is 9.88 Å². The van der Waals surface area contributed by atoms with Crippen LogP contribution in [0.2, 0.25) is 0 Å². The van der Waals surface area contributed by atoms with E-state index < -0.39 is 0 Å². The van der Waals surface area contributed by atoms with Gasteiger partial charge in [-0.1, -0.05) is 60.7 Å². The zero-order chi connectivity index (χ0) is 19.1. The lowest BCUT2D eigenvalue weighted by Gasteiger charge is -2.21. The smallest absolute Gasteiger partial charge is 0.307 e. The first kappa shape index (κ1) is 18.8. The van der Waals surface area contributed by atoms with Crippen LogP contribution in [0.15, 0.2) is 66.0 Å². The fraction of sp³-hybridized carbons (Fsp3) is 0.190. The number of nitrogens with zero attached hydrogens (tertiary/aromatic N) is 2. The maximum atomic E-state index is 13.0. The zero-order valence-electron chi connectivity index (χ0n) is 15.0. The molecular formula is C21H20N2O3S. The van der Waals surface area contributed by atoms with Crippen LogP contribution in [0, 0.1) is 0 Å². The van der Waals surface area contributed by atoms with E-state index >= 15 is 0 Å². The van der Waals surface area contributed by atoms with Crippen molar-refractivity contribution >= 4 is 23.2 Å². The van der Waals surface area contributed by atoms with Gasteiger partial charge in [0.2, 0.25) is 0 Å². The van der Waals surface area contributed by atoms with Crippen LogP contribution in [0.5, 0.6) is 0 Å². The number of methoxy groups -OCH3 is 1. The van der Waals surface area contributed by atoms with Gasteiger partial charge in [-0.3, -0.25) is 9.59 Å². The number of thiazole rings is 1. The summed E-state index contributed by atoms with van der Waals surface area (Å²) in [6.45, 7) is 0.688. The summed E-state index contributed by atoms with van der Waals surface area (Å²) in [5, 5.41) is 2.56. The fourth-order valence-corrected chi connectivity index (χ4v) is 3.43. The highest BCUT2D eigenvalue weighted by Gasteiger charge is 2.20. The molecule has 0 N–H and O–H groups in total. The van der Waals surface area contributed by atoms with Crippen molar-refractivity contribution < 1.29 is 14.3 Å². The van der Waals surface area contributed by atoms with Crippen molar-refractivity contribution in [3.05, 3.63) is 77.3 Å². The molecule has 27 heavy (non-hydrogen) atoms. The largest absolute Gasteiger partial charge is 0.469 e. The number of amides is 1. The normalized spacial score (nSPS) is 10.4. The molecule has 1 amide bonds. The predicted molar refractivity (Wildman–Crippen MR) is 105 cm³/mol. The molecule has 3 aromatic rings. The Kier molecular flexibility index (Phi) is 6.33. The molecule has 6 heteroatoms. The second-order valence-corrected chi connectivity index (χ2v) is 6.80. The van der Waals surface area contributed by atoms with E-state index in [0.717, 1.165) is 16.1 Å². The SMILES string of the molecule is COC(=O)CCN(Cc1ccccc1)C(=O)c1csc(-c2ccccc2)n1. The molecule has 138 valence electrons. The predicted octanol–water partition coefficient (Wildman–Crippen LogP) is 4.02. The molecule has 1 aromatic heterocycles. The maximum Gasteiger partial charge on any atom is 0.307 e. The summed E-state index contributed by atoms with van der Waals surface area (Å²) in [7, 11) is 1.35. The van der Waals surface area contributed by atoms with Crippen molar-refractivity contribution in [3.63, 3.8) is 0 Å². The summed E-state index contributed by atoms with van der Waals surface area (Å²) in [4.78, 5) is 30.7. The lowest BCUT2D eigenvalue weighted by atomic mass is 10.2. The third kappa shape index (κ3) is 5.01. The van der Waals surface area contributed by atoms with Gasteiger partial charge in [0, 0.05) is 24.0 Å². The van der Waals surface area contributed by atoms with Crippen molar-refractivity contribution in [3.8, 4) is 10.6 Å². The van der Waals surface area contributed by atoms with Crippen LogP contribution >= 0.6 is 11.3 Å². The molecular weight excluding hydrogens is 360 g/mol. The fourth-order valence-electron chi connectivity index (χ4n) is 2.63. The maximum absolute atomic E-state index is 13.0. The van der Waals surface area contributed by atoms with Gasteiger partial charge in [-0.2, -0.15) is 0 Å². The Labute approximate surface area is 162 Å². The highest BCUT2D eigenvalue weighted by Crippen LogP contribution is 2.24. The van der Waals surface area contributed by atoms with Crippen molar-refractivity contribution in [2.24, 2.45) is 0 Å². The van der Waals surface area contributed by atoms with Gasteiger partial charge in [0.05, 0.1) is 13.5 Å². The van der Waals surface area contributed by atoms with Crippen LogP contribution in [-0.4, -0.2) is 35.4 Å². The standard InChI is InChI=1S/C21H20N2O3S/c1-26-19(24)12-13-23(14-16-8-4-2-5-9-16)21(25)18-15-27-20(22-18)17-10-6-3-7-11-17/h2-11,15H,12-14H2,1H3. The van der Waals surface area contributed by atoms with E-state index in [1.165, 1.54) is 18.4 Å². The monoisotopic (exact) mass is 380 g/mol. The van der Waals surface area contributed by atoms with Gasteiger partial charge in [0.1, 0.15) is 10.7 Å². The van der Waals surface area contributed by atoms with Crippen LogP contribution in [0.25, 0.3) is 10.6 Å². The van der Waals surface area contributed by atoms with Crippen LogP contribution < -0.4 is 0 Å². The molecule has 0 aliphatic heterocycles. The highest BCUT2D eigenvalue weighted by molar-refractivity contribution is 7.13. The molecule has 0 aliphatic carbocycles. The van der Waals surface area contributed by atoms with E-state index in [0.29, 0.717) is 12.2 Å². The van der Waals surface area contributed by atoms with Gasteiger partial charge >= 0.3 is 5.97 Å². The number of ether oxygens (including phenoxy) is 1. The number of esters is 1. The third-order valence-corrected chi connectivity index (χ3v) is 4.95. The summed E-state index contributed by atoms with van der Waals surface area (Å²) in [6.07, 6.45) is 0.144. The topological polar surface area (TPSA) is 59.5 Å². The van der Waals surface area contributed by atoms with Crippen LogP contribution in [0.3, 0.4) is 0 Å². The van der Waals surface area contributed by atoms with E-state index in [-0.39, 0.29) is 24.8 Å². The van der Waals surface area contributed by atoms with Gasteiger partial charge in [-0.15, -0.1) is 11.3 Å². The summed E-state index contributed by atoms with van der Waals surface area (Å²) < 4.78 is 4.71. The Morgan fingerprint density at radius 3 is 2.37 bits per heavy atom. The second-order valence-electron chi connectivity index (χ2n) is 5.94. The van der Waals surface area contributed by atoms with Crippen molar-refractivity contribution in [1.29, 1.82) is 0 Å². The molecule has 3 rings (SSSR count). The quantitative estimate of drug-likeness (QED) is 0.581. The van der Waals surface area contributed by atoms with E-state index in [1.54, 1.807) is 10.3 Å². The Hall–Kier alpha value is -2.99. The number of benzene rings is 2. The number of aromatic nitrogens is 1. The lowest BCUT2D eigenvalue weighted by molar-refractivity contribution is -0.140. The first-order chi connectivity index (χ1) is 13.2. The van der Waals surface area contributed by atoms with Crippen LogP contribution in [0.4, 0.5) is 0 Å². The van der Waals surface area contributed by atoms with Gasteiger partial charge in [0.25, 0.3) is 5.91 Å². The van der Waals surface area contributed by atoms with Gasteiger partial charge < -0.3 is 9.64 Å². The average molecular weight is 380 g/mol. The zero-order valence-corrected chi connectivity index (χ0v) is 15.8. The molecule has 0 radical (unpaired) electrons. The first-order valence-corrected chi connectivity index (χ1v) is 9.46. The van der Waals surface area contributed by atoms with E-state index in [2.05, 4.69) is 4.98 Å². The molecule has 0 saturated carbocycles. The van der Waals surface area contributed by atoms with Gasteiger partial charge in [-0.05, 0) is 5.56 Å². The molecule has 0 unspecified atom stereocenters. The Bertz CT molecular complexity index is 894. The number of carbonyl (C=O) groups excluding carboxylic acids is 2. The van der Waals surface area contributed by atoms with Crippen LogP contribution in [0.1, 0.15) is 22.5 Å². The number of carbonyl (C=O) groups is 2. The molecule has 2 aromatic carbocycles. The van der Waals surface area contributed by atoms with E-state index in [4.69, 9.17) is 4.74 Å². The van der Waals surface area contributed by atoms with E-state index in [1.807, 2.05) is 60.7 Å². The minimum atomic E-state index is -0.343. The molecule has 0 bridgehead atoms. The highest BCUT2D eigenvalue weighted by atomic mass is 32.1. The molecule has 0 spiro atoms. The molecule has 0 fully saturated rings. The van der Waals surface area contributed by atoms with Gasteiger partial charge in [-0.25, -0.2) is 4.98 Å². The summed E-state index contributed by atoms with van der Waals surface area (Å²) >= 11 is 1.43. The summed E-state index contributed by atoms with van der Waals surface area (Å²) in [5.74, 6) is -0.537. The Morgan fingerprint density at radius 2 is 1.70 bits per heavy atom. The molecule has 0 aliphatic rings. The summed E-state index contributed by atoms with van der Waals surface area (Å²) in [5.41, 5.74) is 2.36. The second kappa shape index (κ2) is 9.09. The average Bonchev–Trinajstić information content (AvgIpc) is 3.22. The van der Waals surface area contributed by atoms with Gasteiger partial charge in [0.15, 0.2) is 0 Å². The number of hydrogen-bond donors (Lipinski definition) is 0. The Morgan fingerprint density at radius 1 is 1.04 bits per heavy atom. The minimum Gasteiger partial charge on any atom is -0.469 e. The first-order valence-electron chi connectivity index (χ1n) is 8.58. The third-order valence-electron chi connectivity index (χ3n) is 4.06. The minimum absolute atomic E-state index is 0.144.